The van der Waals surface area contributed by atoms with Crippen LogP contribution in [0.5, 0.6) is 0 Å². The third-order valence-corrected chi connectivity index (χ3v) is 7.64. The van der Waals surface area contributed by atoms with E-state index >= 15 is 0 Å². The Kier molecular flexibility index (Phi) is 7.87. The van der Waals surface area contributed by atoms with E-state index in [1.54, 1.807) is 7.05 Å². The van der Waals surface area contributed by atoms with Crippen LogP contribution in [0.3, 0.4) is 0 Å². The summed E-state index contributed by atoms with van der Waals surface area (Å²) in [6.07, 6.45) is 2.45. The predicted octanol–water partition coefficient (Wildman–Crippen LogP) is 3.34. The van der Waals surface area contributed by atoms with Gasteiger partial charge in [0.2, 0.25) is 10.0 Å². The molecule has 0 unspecified atom stereocenters. The highest BCUT2D eigenvalue weighted by atomic mass is 35.5. The molecule has 0 bridgehead atoms. The number of hydrogen-bond acceptors (Lipinski definition) is 5. The molecule has 1 aromatic heterocycles. The summed E-state index contributed by atoms with van der Waals surface area (Å²) < 4.78 is 70.1. The van der Waals surface area contributed by atoms with Crippen LogP contribution in [0.25, 0.3) is 0 Å². The van der Waals surface area contributed by atoms with Crippen LogP contribution in [-0.2, 0) is 17.1 Å². The maximum Gasteiger partial charge on any atom is 0.273 e. The highest BCUT2D eigenvalue weighted by Gasteiger charge is 2.31. The van der Waals surface area contributed by atoms with Gasteiger partial charge in [-0.2, -0.15) is 0 Å². The molecule has 1 aliphatic heterocycles. The SMILES string of the molecule is C=C(NC)C(=C)N1CCC[C@@H](NS(=O)(=O)c2cn(C)c(C(=O)Nc3cc(F)c(F)c(F)c3)c2Cl)C1. The van der Waals surface area contributed by atoms with Crippen LogP contribution < -0.4 is 15.4 Å². The number of nitrogens with zero attached hydrogens (tertiary/aromatic N) is 2. The first-order chi connectivity index (χ1) is 16.4. The van der Waals surface area contributed by atoms with E-state index in [0.29, 0.717) is 49.5 Å². The Morgan fingerprint density at radius 3 is 2.43 bits per heavy atom. The minimum atomic E-state index is -4.14. The summed E-state index contributed by atoms with van der Waals surface area (Å²) in [6, 6.07) is 0.740. The fourth-order valence-corrected chi connectivity index (χ4v) is 5.73. The molecule has 2 aromatic rings. The van der Waals surface area contributed by atoms with Crippen LogP contribution in [0, 0.1) is 17.5 Å². The first kappa shape index (κ1) is 26.6. The van der Waals surface area contributed by atoms with Gasteiger partial charge >= 0.3 is 0 Å². The molecule has 3 N–H and O–H groups in total. The van der Waals surface area contributed by atoms with E-state index in [1.807, 2.05) is 4.90 Å². The van der Waals surface area contributed by atoms with Crippen molar-refractivity contribution in [3.63, 3.8) is 0 Å². The van der Waals surface area contributed by atoms with Crippen LogP contribution in [0.15, 0.2) is 47.8 Å². The molecule has 0 radical (unpaired) electrons. The summed E-state index contributed by atoms with van der Waals surface area (Å²) >= 11 is 6.27. The first-order valence-corrected chi connectivity index (χ1v) is 12.4. The van der Waals surface area contributed by atoms with Crippen molar-refractivity contribution in [2.75, 3.05) is 25.5 Å². The normalized spacial score (nSPS) is 16.2. The molecule has 1 saturated heterocycles. The molecule has 8 nitrogen and oxygen atoms in total. The number of halogens is 4. The topological polar surface area (TPSA) is 95.5 Å². The third-order valence-electron chi connectivity index (χ3n) is 5.61. The molecule has 13 heteroatoms. The van der Waals surface area contributed by atoms with Crippen molar-refractivity contribution in [1.82, 2.24) is 19.5 Å². The number of hydrogen-bond donors (Lipinski definition) is 3. The van der Waals surface area contributed by atoms with Gasteiger partial charge in [0.05, 0.1) is 10.7 Å². The number of nitrogens with one attached hydrogen (secondary N) is 3. The van der Waals surface area contributed by atoms with E-state index in [9.17, 15) is 26.4 Å². The number of aromatic nitrogens is 1. The van der Waals surface area contributed by atoms with Crippen molar-refractivity contribution < 1.29 is 26.4 Å². The van der Waals surface area contributed by atoms with Crippen molar-refractivity contribution in [2.24, 2.45) is 7.05 Å². The Balaban J connectivity index is 1.80. The van der Waals surface area contributed by atoms with E-state index in [1.165, 1.54) is 11.6 Å². The van der Waals surface area contributed by atoms with Crippen molar-refractivity contribution in [3.05, 3.63) is 71.0 Å². The summed E-state index contributed by atoms with van der Waals surface area (Å²) in [5, 5.41) is 4.73. The van der Waals surface area contributed by atoms with Gasteiger partial charge in [-0.25, -0.2) is 26.3 Å². The zero-order valence-corrected chi connectivity index (χ0v) is 20.7. The van der Waals surface area contributed by atoms with Crippen LogP contribution in [-0.4, -0.2) is 50.0 Å². The molecule has 1 amide bonds. The molecule has 3 rings (SSSR count). The number of carbonyl (C=O) groups is 1. The molecule has 190 valence electrons. The van der Waals surface area contributed by atoms with Crippen LogP contribution >= 0.6 is 11.6 Å². The Morgan fingerprint density at radius 2 is 1.83 bits per heavy atom. The van der Waals surface area contributed by atoms with Gasteiger partial charge in [-0.05, 0) is 12.8 Å². The average Bonchev–Trinajstić information content (AvgIpc) is 3.11. The predicted molar refractivity (Wildman–Crippen MR) is 127 cm³/mol. The van der Waals surface area contributed by atoms with Gasteiger partial charge in [0.15, 0.2) is 17.5 Å². The lowest BCUT2D eigenvalue weighted by molar-refractivity contribution is 0.101. The summed E-state index contributed by atoms with van der Waals surface area (Å²) in [4.78, 5) is 14.3. The van der Waals surface area contributed by atoms with Crippen LogP contribution in [0.2, 0.25) is 5.02 Å². The molecular weight excluding hydrogens is 507 g/mol. The lowest BCUT2D eigenvalue weighted by Crippen LogP contribution is -2.47. The van der Waals surface area contributed by atoms with Crippen LogP contribution in [0.4, 0.5) is 18.9 Å². The second-order valence-corrected chi connectivity index (χ2v) is 10.1. The second-order valence-electron chi connectivity index (χ2n) is 8.06. The van der Waals surface area contributed by atoms with E-state index in [2.05, 4.69) is 28.5 Å². The maximum atomic E-state index is 13.5. The minimum Gasteiger partial charge on any atom is -0.387 e. The average molecular weight is 532 g/mol. The highest BCUT2D eigenvalue weighted by molar-refractivity contribution is 7.89. The fourth-order valence-electron chi connectivity index (χ4n) is 3.77. The van der Waals surface area contributed by atoms with E-state index in [-0.39, 0.29) is 21.3 Å². The fraction of sp³-hybridized carbons (Fsp3) is 0.318. The van der Waals surface area contributed by atoms with Gasteiger partial charge in [-0.1, -0.05) is 24.8 Å². The lowest BCUT2D eigenvalue weighted by atomic mass is 10.1. The molecule has 1 atom stereocenters. The van der Waals surface area contributed by atoms with E-state index < -0.39 is 39.4 Å². The number of anilines is 1. The van der Waals surface area contributed by atoms with Crippen molar-refractivity contribution in [2.45, 2.75) is 23.8 Å². The molecule has 1 aromatic carbocycles. The standard InChI is InChI=1S/C22H25ClF3N5O3S/c1-12(27-3)13(2)31-7-5-6-14(10-31)29-35(33,34)18-11-30(4)21(19(18)23)22(32)28-15-8-16(24)20(26)17(25)9-15/h8-9,11,14,27,29H,1-2,5-7,10H2,3-4H3,(H,28,32)/t14-/m1/s1. The number of likely N-dealkylation sites (tertiary alicyclic amines) is 1. The summed E-state index contributed by atoms with van der Waals surface area (Å²) in [7, 11) is -1.04. The molecule has 0 aliphatic carbocycles. The van der Waals surface area contributed by atoms with E-state index in [4.69, 9.17) is 11.6 Å². The number of amides is 1. The highest BCUT2D eigenvalue weighted by Crippen LogP contribution is 2.29. The van der Waals surface area contributed by atoms with Gasteiger partial charge < -0.3 is 20.1 Å². The van der Waals surface area contributed by atoms with Crippen molar-refractivity contribution in [1.29, 1.82) is 0 Å². The quantitative estimate of drug-likeness (QED) is 0.359. The number of piperidine rings is 1. The number of carbonyl (C=O) groups excluding carboxylic acids is 1. The maximum absolute atomic E-state index is 13.5. The van der Waals surface area contributed by atoms with Crippen molar-refractivity contribution >= 4 is 33.2 Å². The molecule has 0 saturated carbocycles. The Hall–Kier alpha value is -2.96. The molecule has 0 spiro atoms. The van der Waals surface area contributed by atoms with Gasteiger partial charge in [0, 0.05) is 62.9 Å². The number of benzene rings is 1. The van der Waals surface area contributed by atoms with Crippen molar-refractivity contribution in [3.8, 4) is 0 Å². The summed E-state index contributed by atoms with van der Waals surface area (Å²) in [5.74, 6) is -5.60. The van der Waals surface area contributed by atoms with Gasteiger partial charge in [0.25, 0.3) is 5.91 Å². The van der Waals surface area contributed by atoms with Gasteiger partial charge in [-0.3, -0.25) is 4.79 Å². The zero-order valence-electron chi connectivity index (χ0n) is 19.1. The lowest BCUT2D eigenvalue weighted by Gasteiger charge is -2.36. The first-order valence-electron chi connectivity index (χ1n) is 10.5. The minimum absolute atomic E-state index is 0.263. The van der Waals surface area contributed by atoms with Gasteiger partial charge in [0.1, 0.15) is 10.6 Å². The molecule has 2 heterocycles. The second kappa shape index (κ2) is 10.3. The third kappa shape index (κ3) is 5.65. The van der Waals surface area contributed by atoms with E-state index in [0.717, 1.165) is 6.20 Å². The molecular formula is C22H25ClF3N5O3S. The number of aryl methyl sites for hydroxylation is 1. The zero-order chi connectivity index (χ0) is 26.1. The van der Waals surface area contributed by atoms with Crippen LogP contribution in [0.1, 0.15) is 23.3 Å². The largest absolute Gasteiger partial charge is 0.387 e. The number of likely N-dealkylation sites (N-methyl/N-ethyl adjacent to an activating group) is 1. The number of rotatable bonds is 8. The number of sulfonamides is 1. The monoisotopic (exact) mass is 531 g/mol. The summed E-state index contributed by atoms with van der Waals surface area (Å²) in [5.41, 5.74) is 0.649. The Bertz CT molecular complexity index is 1270. The molecule has 1 fully saturated rings. The smallest absolute Gasteiger partial charge is 0.273 e. The molecule has 1 aliphatic rings. The van der Waals surface area contributed by atoms with Gasteiger partial charge in [-0.15, -0.1) is 0 Å². The Labute approximate surface area is 206 Å². The molecule has 35 heavy (non-hydrogen) atoms. The Morgan fingerprint density at radius 1 is 1.20 bits per heavy atom. The summed E-state index contributed by atoms with van der Waals surface area (Å²) in [6.45, 7) is 8.91.